The Morgan fingerprint density at radius 1 is 0.923 bits per heavy atom. The normalized spacial score (nSPS) is 10.7. The van der Waals surface area contributed by atoms with E-state index in [-0.39, 0.29) is 0 Å². The van der Waals surface area contributed by atoms with Gasteiger partial charge in [0.25, 0.3) is 0 Å². The van der Waals surface area contributed by atoms with Gasteiger partial charge in [0, 0.05) is 18.4 Å². The summed E-state index contributed by atoms with van der Waals surface area (Å²) in [7, 11) is 0. The highest BCUT2D eigenvalue weighted by molar-refractivity contribution is 5.60. The van der Waals surface area contributed by atoms with Gasteiger partial charge in [-0.3, -0.25) is 0 Å². The molecule has 0 bridgehead atoms. The maximum Gasteiger partial charge on any atom is 0.229 e. The third-order valence-electron chi connectivity index (χ3n) is 4.28. The number of nitrogens with one attached hydrogen (secondary N) is 2. The van der Waals surface area contributed by atoms with Gasteiger partial charge in [-0.2, -0.15) is 4.98 Å². The molecular formula is C22H26N4. The van der Waals surface area contributed by atoms with Gasteiger partial charge < -0.3 is 10.6 Å². The zero-order valence-electron chi connectivity index (χ0n) is 15.4. The molecule has 2 N–H and O–H groups in total. The van der Waals surface area contributed by atoms with Gasteiger partial charge in [-0.1, -0.05) is 62.4 Å². The maximum absolute atomic E-state index is 4.58. The number of anilines is 3. The minimum absolute atomic E-state index is 0.443. The number of aromatic nitrogens is 2. The van der Waals surface area contributed by atoms with Crippen molar-refractivity contribution in [2.45, 2.75) is 32.6 Å². The molecule has 0 amide bonds. The van der Waals surface area contributed by atoms with Crippen LogP contribution in [-0.4, -0.2) is 16.5 Å². The molecule has 1 aromatic heterocycles. The number of nitrogens with zero attached hydrogens (tertiary/aromatic N) is 2. The van der Waals surface area contributed by atoms with Crippen molar-refractivity contribution in [2.75, 3.05) is 17.2 Å². The smallest absolute Gasteiger partial charge is 0.229 e. The second-order valence-electron chi connectivity index (χ2n) is 6.65. The number of aryl methyl sites for hydroxylation is 1. The van der Waals surface area contributed by atoms with E-state index in [1.54, 1.807) is 6.20 Å². The van der Waals surface area contributed by atoms with Crippen molar-refractivity contribution in [1.29, 1.82) is 0 Å². The van der Waals surface area contributed by atoms with Gasteiger partial charge in [0.2, 0.25) is 5.95 Å². The molecule has 3 aromatic rings. The monoisotopic (exact) mass is 346 g/mol. The molecule has 0 saturated carbocycles. The molecule has 134 valence electrons. The average molecular weight is 346 g/mol. The number of rotatable bonds is 8. The third kappa shape index (κ3) is 5.06. The summed E-state index contributed by atoms with van der Waals surface area (Å²) in [6.07, 6.45) is 3.91. The van der Waals surface area contributed by atoms with Crippen LogP contribution in [-0.2, 0) is 6.42 Å². The number of hydrogen-bond donors (Lipinski definition) is 2. The first-order valence-corrected chi connectivity index (χ1v) is 9.19. The average Bonchev–Trinajstić information content (AvgIpc) is 2.67. The Morgan fingerprint density at radius 2 is 1.69 bits per heavy atom. The van der Waals surface area contributed by atoms with Crippen molar-refractivity contribution >= 4 is 17.5 Å². The SMILES string of the molecule is CC(C)c1ccccc1Nc1nccc(NCCCc2ccccc2)n1. The summed E-state index contributed by atoms with van der Waals surface area (Å²) in [5.41, 5.74) is 3.69. The Morgan fingerprint density at radius 3 is 2.50 bits per heavy atom. The third-order valence-corrected chi connectivity index (χ3v) is 4.28. The van der Waals surface area contributed by atoms with Crippen LogP contribution in [0.2, 0.25) is 0 Å². The molecule has 2 aromatic carbocycles. The fraction of sp³-hybridized carbons (Fsp3) is 0.273. The molecule has 0 unspecified atom stereocenters. The van der Waals surface area contributed by atoms with E-state index < -0.39 is 0 Å². The van der Waals surface area contributed by atoms with Crippen molar-refractivity contribution in [2.24, 2.45) is 0 Å². The minimum atomic E-state index is 0.443. The van der Waals surface area contributed by atoms with Crippen molar-refractivity contribution in [3.63, 3.8) is 0 Å². The van der Waals surface area contributed by atoms with Crippen LogP contribution in [0.15, 0.2) is 66.9 Å². The molecule has 0 radical (unpaired) electrons. The van der Waals surface area contributed by atoms with E-state index in [0.29, 0.717) is 11.9 Å². The van der Waals surface area contributed by atoms with Gasteiger partial charge in [0.05, 0.1) is 0 Å². The van der Waals surface area contributed by atoms with E-state index in [4.69, 9.17) is 0 Å². The predicted molar refractivity (Wildman–Crippen MR) is 109 cm³/mol. The highest BCUT2D eigenvalue weighted by Crippen LogP contribution is 2.25. The number of benzene rings is 2. The van der Waals surface area contributed by atoms with Crippen LogP contribution < -0.4 is 10.6 Å². The lowest BCUT2D eigenvalue weighted by molar-refractivity contribution is 0.857. The first-order chi connectivity index (χ1) is 12.7. The topological polar surface area (TPSA) is 49.8 Å². The van der Waals surface area contributed by atoms with E-state index in [2.05, 4.69) is 83.0 Å². The molecule has 26 heavy (non-hydrogen) atoms. The Balaban J connectivity index is 1.57. The lowest BCUT2D eigenvalue weighted by Crippen LogP contribution is -2.07. The Kier molecular flexibility index (Phi) is 6.20. The first-order valence-electron chi connectivity index (χ1n) is 9.19. The molecule has 0 fully saturated rings. The second kappa shape index (κ2) is 8.99. The van der Waals surface area contributed by atoms with Crippen LogP contribution in [0.5, 0.6) is 0 Å². The van der Waals surface area contributed by atoms with Gasteiger partial charge in [0.1, 0.15) is 5.82 Å². The molecule has 0 atom stereocenters. The minimum Gasteiger partial charge on any atom is -0.370 e. The lowest BCUT2D eigenvalue weighted by atomic mass is 10.0. The van der Waals surface area contributed by atoms with E-state index in [0.717, 1.165) is 30.9 Å². The molecule has 0 aliphatic heterocycles. The van der Waals surface area contributed by atoms with Gasteiger partial charge in [-0.25, -0.2) is 4.98 Å². The summed E-state index contributed by atoms with van der Waals surface area (Å²) in [6.45, 7) is 5.26. The summed E-state index contributed by atoms with van der Waals surface area (Å²) in [4.78, 5) is 8.93. The summed E-state index contributed by atoms with van der Waals surface area (Å²) in [5, 5.41) is 6.74. The molecule has 4 nitrogen and oxygen atoms in total. The van der Waals surface area contributed by atoms with Gasteiger partial charge in [-0.05, 0) is 42.0 Å². The molecule has 3 rings (SSSR count). The zero-order chi connectivity index (χ0) is 18.2. The van der Waals surface area contributed by atoms with E-state index in [1.807, 2.05) is 12.1 Å². The van der Waals surface area contributed by atoms with Gasteiger partial charge in [-0.15, -0.1) is 0 Å². The predicted octanol–water partition coefficient (Wildman–Crippen LogP) is 5.39. The summed E-state index contributed by atoms with van der Waals surface area (Å²) in [6, 6.07) is 20.7. The molecule has 1 heterocycles. The molecule has 4 heteroatoms. The highest BCUT2D eigenvalue weighted by Gasteiger charge is 2.07. The van der Waals surface area contributed by atoms with Crippen LogP contribution in [0, 0.1) is 0 Å². The number of hydrogen-bond acceptors (Lipinski definition) is 4. The lowest BCUT2D eigenvalue weighted by Gasteiger charge is -2.14. The molecule has 0 aliphatic rings. The first kappa shape index (κ1) is 17.9. The molecule has 0 spiro atoms. The van der Waals surface area contributed by atoms with E-state index >= 15 is 0 Å². The summed E-state index contributed by atoms with van der Waals surface area (Å²) >= 11 is 0. The Bertz CT molecular complexity index is 815. The number of para-hydroxylation sites is 1. The molecular weight excluding hydrogens is 320 g/mol. The molecule has 0 aliphatic carbocycles. The second-order valence-corrected chi connectivity index (χ2v) is 6.65. The van der Waals surface area contributed by atoms with Crippen molar-refractivity contribution < 1.29 is 0 Å². The summed E-state index contributed by atoms with van der Waals surface area (Å²) < 4.78 is 0. The van der Waals surface area contributed by atoms with Crippen LogP contribution in [0.3, 0.4) is 0 Å². The Labute approximate surface area is 155 Å². The van der Waals surface area contributed by atoms with Gasteiger partial charge in [0.15, 0.2) is 0 Å². The van der Waals surface area contributed by atoms with Crippen LogP contribution in [0.1, 0.15) is 37.3 Å². The standard InChI is InChI=1S/C22H26N4/c1-17(2)19-12-6-7-13-20(19)25-22-24-16-14-21(26-22)23-15-8-11-18-9-4-3-5-10-18/h3-7,9-10,12-14,16-17H,8,11,15H2,1-2H3,(H2,23,24,25,26). The van der Waals surface area contributed by atoms with Gasteiger partial charge >= 0.3 is 0 Å². The fourth-order valence-electron chi connectivity index (χ4n) is 2.91. The fourth-order valence-corrected chi connectivity index (χ4v) is 2.91. The van der Waals surface area contributed by atoms with Crippen LogP contribution in [0.25, 0.3) is 0 Å². The van der Waals surface area contributed by atoms with Crippen molar-refractivity contribution in [1.82, 2.24) is 9.97 Å². The summed E-state index contributed by atoms with van der Waals surface area (Å²) in [5.74, 6) is 1.90. The Hall–Kier alpha value is -2.88. The van der Waals surface area contributed by atoms with Crippen LogP contribution >= 0.6 is 0 Å². The van der Waals surface area contributed by atoms with E-state index in [1.165, 1.54) is 11.1 Å². The van der Waals surface area contributed by atoms with E-state index in [9.17, 15) is 0 Å². The zero-order valence-corrected chi connectivity index (χ0v) is 15.4. The quantitative estimate of drug-likeness (QED) is 0.537. The highest BCUT2D eigenvalue weighted by atomic mass is 15.1. The van der Waals surface area contributed by atoms with Crippen LogP contribution in [0.4, 0.5) is 17.5 Å². The van der Waals surface area contributed by atoms with Crippen molar-refractivity contribution in [3.05, 3.63) is 78.0 Å². The maximum atomic E-state index is 4.58. The van der Waals surface area contributed by atoms with Crippen molar-refractivity contribution in [3.8, 4) is 0 Å². The largest absolute Gasteiger partial charge is 0.370 e. The molecule has 0 saturated heterocycles.